The average Bonchev–Trinajstić information content (AvgIpc) is 1.63. The molecule has 6 aromatic heterocycles. The van der Waals surface area contributed by atoms with Gasteiger partial charge in [0.2, 0.25) is 17.8 Å². The first-order chi connectivity index (χ1) is 49.8. The highest BCUT2D eigenvalue weighted by molar-refractivity contribution is 5.96. The monoisotopic (exact) mass is 1380 g/mol. The summed E-state index contributed by atoms with van der Waals surface area (Å²) < 4.78 is 7.06. The SMILES string of the molecule is CCCNCc1ccc(-c2cn(C3CCC(O)CC3)c3nc(NC(C)CC4CC4)ncc23)cc1.CCCNCc1ccc(-c2cn(C3CCC(O)CC3)c3nc(N[C@@H](C)CC4CC4)ncc23)cc1.CCCNCc1ccc(-c2cn(C3CCC(O)CC3)c3nc(N[C@H](C)CC4CC4)ncc23)cc1. The zero-order chi connectivity index (χ0) is 70.5. The van der Waals surface area contributed by atoms with Gasteiger partial charge in [-0.05, 0) is 207 Å². The zero-order valence-corrected chi connectivity index (χ0v) is 61.9. The van der Waals surface area contributed by atoms with Crippen molar-refractivity contribution in [2.24, 2.45) is 17.8 Å². The summed E-state index contributed by atoms with van der Waals surface area (Å²) >= 11 is 0. The van der Waals surface area contributed by atoms with Crippen molar-refractivity contribution in [3.05, 3.63) is 127 Å². The molecule has 0 aliphatic heterocycles. The minimum Gasteiger partial charge on any atom is -0.393 e. The third-order valence-corrected chi connectivity index (χ3v) is 22.2. The van der Waals surface area contributed by atoms with Crippen LogP contribution in [0.4, 0.5) is 17.8 Å². The first kappa shape index (κ1) is 73.0. The van der Waals surface area contributed by atoms with Gasteiger partial charge in [-0.1, -0.05) is 132 Å². The molecule has 1 unspecified atom stereocenters. The molecular formula is C84H117N15O3. The maximum Gasteiger partial charge on any atom is 0.224 e. The number of hydrogen-bond donors (Lipinski definition) is 9. The van der Waals surface area contributed by atoms with Gasteiger partial charge >= 0.3 is 0 Å². The van der Waals surface area contributed by atoms with Crippen LogP contribution >= 0.6 is 0 Å². The highest BCUT2D eigenvalue weighted by Gasteiger charge is 2.31. The maximum atomic E-state index is 10.0. The molecule has 3 atom stereocenters. The van der Waals surface area contributed by atoms with E-state index in [1.165, 1.54) is 108 Å². The first-order valence-corrected chi connectivity index (χ1v) is 39.7. The molecule has 102 heavy (non-hydrogen) atoms. The van der Waals surface area contributed by atoms with Crippen LogP contribution in [-0.4, -0.2) is 115 Å². The molecule has 18 heteroatoms. The van der Waals surface area contributed by atoms with Crippen molar-refractivity contribution in [1.29, 1.82) is 0 Å². The molecule has 9 aromatic rings. The summed E-state index contributed by atoms with van der Waals surface area (Å²) in [6, 6.07) is 28.9. The van der Waals surface area contributed by atoms with E-state index in [4.69, 9.17) is 29.9 Å². The molecule has 6 aliphatic rings. The minimum absolute atomic E-state index is 0.165. The van der Waals surface area contributed by atoms with Gasteiger partial charge in [0.05, 0.1) is 18.3 Å². The Morgan fingerprint density at radius 1 is 0.363 bits per heavy atom. The van der Waals surface area contributed by atoms with Gasteiger partial charge < -0.3 is 60.9 Å². The molecule has 0 radical (unpaired) electrons. The third-order valence-electron chi connectivity index (χ3n) is 22.2. The van der Waals surface area contributed by atoms with Crippen LogP contribution in [0.15, 0.2) is 110 Å². The van der Waals surface area contributed by atoms with E-state index in [9.17, 15) is 15.3 Å². The Labute approximate surface area is 606 Å². The maximum absolute atomic E-state index is 10.0. The minimum atomic E-state index is -0.165. The third kappa shape index (κ3) is 19.5. The van der Waals surface area contributed by atoms with Crippen LogP contribution < -0.4 is 31.9 Å². The van der Waals surface area contributed by atoms with Crippen molar-refractivity contribution < 1.29 is 15.3 Å². The zero-order valence-electron chi connectivity index (χ0n) is 61.9. The predicted octanol–water partition coefficient (Wildman–Crippen LogP) is 17.0. The molecular weight excluding hydrogens is 1270 g/mol. The predicted molar refractivity (Wildman–Crippen MR) is 417 cm³/mol. The second-order valence-corrected chi connectivity index (χ2v) is 31.3. The molecule has 6 heterocycles. The van der Waals surface area contributed by atoms with E-state index in [1.807, 2.05) is 18.6 Å². The molecule has 0 amide bonds. The molecule has 0 bridgehead atoms. The van der Waals surface area contributed by atoms with Crippen molar-refractivity contribution in [3.8, 4) is 33.4 Å². The van der Waals surface area contributed by atoms with Gasteiger partial charge in [0.1, 0.15) is 16.9 Å². The fraction of sp³-hybridized carbons (Fsp3) is 0.571. The number of aliphatic hydroxyl groups excluding tert-OH is 3. The van der Waals surface area contributed by atoms with E-state index < -0.39 is 0 Å². The average molecular weight is 1380 g/mol. The summed E-state index contributed by atoms with van der Waals surface area (Å²) in [5.41, 5.74) is 14.1. The van der Waals surface area contributed by atoms with Crippen LogP contribution in [0.5, 0.6) is 0 Å². The molecule has 6 fully saturated rings. The molecule has 18 nitrogen and oxygen atoms in total. The number of aromatic nitrogens is 9. The fourth-order valence-corrected chi connectivity index (χ4v) is 15.9. The molecule has 6 aliphatic carbocycles. The van der Waals surface area contributed by atoms with Gasteiger partial charge in [-0.2, -0.15) is 15.0 Å². The number of rotatable bonds is 30. The number of aliphatic hydroxyl groups is 3. The summed E-state index contributed by atoms with van der Waals surface area (Å²) in [4.78, 5) is 29.2. The van der Waals surface area contributed by atoms with E-state index >= 15 is 0 Å². The second kappa shape index (κ2) is 35.0. The molecule has 0 saturated heterocycles. The van der Waals surface area contributed by atoms with Crippen LogP contribution in [0, 0.1) is 17.8 Å². The Balaban J connectivity index is 0.000000137. The van der Waals surface area contributed by atoms with Gasteiger partial charge in [-0.25, -0.2) is 15.0 Å². The normalized spacial score (nSPS) is 21.6. The van der Waals surface area contributed by atoms with Gasteiger partial charge in [0.25, 0.3) is 0 Å². The smallest absolute Gasteiger partial charge is 0.224 e. The van der Waals surface area contributed by atoms with E-state index in [2.05, 4.69) is 179 Å². The molecule has 9 N–H and O–H groups in total. The summed E-state index contributed by atoms with van der Waals surface area (Å²) in [6.07, 6.45) is 38.5. The quantitative estimate of drug-likeness (QED) is 0.0191. The fourth-order valence-electron chi connectivity index (χ4n) is 15.9. The number of hydrogen-bond acceptors (Lipinski definition) is 15. The lowest BCUT2D eigenvalue weighted by molar-refractivity contribution is 0.111. The summed E-state index contributed by atoms with van der Waals surface area (Å²) in [5.74, 6) is 4.78. The molecule has 15 rings (SSSR count). The summed E-state index contributed by atoms with van der Waals surface area (Å²) in [6.45, 7) is 19.1. The van der Waals surface area contributed by atoms with Crippen LogP contribution in [0.3, 0.4) is 0 Å². The second-order valence-electron chi connectivity index (χ2n) is 31.3. The van der Waals surface area contributed by atoms with Crippen molar-refractivity contribution in [3.63, 3.8) is 0 Å². The van der Waals surface area contributed by atoms with E-state index in [0.29, 0.717) is 36.3 Å². The van der Waals surface area contributed by atoms with Crippen molar-refractivity contribution >= 4 is 50.9 Å². The van der Waals surface area contributed by atoms with Gasteiger partial charge in [-0.3, -0.25) is 0 Å². The van der Waals surface area contributed by atoms with Gasteiger partial charge in [0, 0.05) is 126 Å². The summed E-state index contributed by atoms with van der Waals surface area (Å²) in [7, 11) is 0. The molecule has 3 aromatic carbocycles. The standard InChI is InChI=1S/3C28H39N5O/c3*1-3-14-29-16-21-6-8-22(9-7-21)26-18-33(23-10-12-24(34)13-11-23)27-25(26)17-30-28(32-27)31-19(2)15-20-4-5-20/h3*6-9,17-20,23-24,29,34H,3-5,10-16H2,1-2H3,(H,30,31,32)/t2*19-,23?,24?;/m10./s1. The lowest BCUT2D eigenvalue weighted by atomic mass is 9.93. The molecule has 0 spiro atoms. The topological polar surface area (TPSA) is 225 Å². The number of nitrogens with one attached hydrogen (secondary N) is 6. The number of anilines is 3. The van der Waals surface area contributed by atoms with Crippen molar-refractivity contribution in [2.45, 2.75) is 270 Å². The number of fused-ring (bicyclic) bond motifs is 3. The lowest BCUT2D eigenvalue weighted by Gasteiger charge is -2.27. The van der Waals surface area contributed by atoms with Gasteiger partial charge in [-0.15, -0.1) is 0 Å². The summed E-state index contributed by atoms with van der Waals surface area (Å²) in [5, 5.41) is 54.5. The lowest BCUT2D eigenvalue weighted by Crippen LogP contribution is -2.21. The molecule has 546 valence electrons. The first-order valence-electron chi connectivity index (χ1n) is 39.7. The Kier molecular flexibility index (Phi) is 25.0. The molecule has 6 saturated carbocycles. The van der Waals surface area contributed by atoms with Crippen LogP contribution in [0.1, 0.15) is 230 Å². The Morgan fingerprint density at radius 2 is 0.618 bits per heavy atom. The largest absolute Gasteiger partial charge is 0.393 e. The Hall–Kier alpha value is -7.32. The van der Waals surface area contributed by atoms with E-state index in [0.717, 1.165) is 204 Å². The van der Waals surface area contributed by atoms with E-state index in [-0.39, 0.29) is 18.3 Å². The highest BCUT2D eigenvalue weighted by Crippen LogP contribution is 2.42. The van der Waals surface area contributed by atoms with Crippen molar-refractivity contribution in [2.75, 3.05) is 35.6 Å². The van der Waals surface area contributed by atoms with Gasteiger partial charge in [0.15, 0.2) is 0 Å². The highest BCUT2D eigenvalue weighted by atomic mass is 16.3. The van der Waals surface area contributed by atoms with E-state index in [1.54, 1.807) is 0 Å². The van der Waals surface area contributed by atoms with Crippen LogP contribution in [0.2, 0.25) is 0 Å². The van der Waals surface area contributed by atoms with Crippen LogP contribution in [-0.2, 0) is 19.6 Å². The Morgan fingerprint density at radius 3 is 0.853 bits per heavy atom. The number of benzene rings is 3. The van der Waals surface area contributed by atoms with Crippen LogP contribution in [0.25, 0.3) is 66.5 Å². The Bertz CT molecular complexity index is 3660. The number of nitrogens with zero attached hydrogens (tertiary/aromatic N) is 9. The van der Waals surface area contributed by atoms with Crippen molar-refractivity contribution in [1.82, 2.24) is 59.6 Å².